The first-order valence-corrected chi connectivity index (χ1v) is 14.0. The second-order valence-electron chi connectivity index (χ2n) is 8.98. The number of aryl methyl sites for hydroxylation is 1. The van der Waals surface area contributed by atoms with E-state index in [0.29, 0.717) is 37.4 Å². The first-order chi connectivity index (χ1) is 16.4. The van der Waals surface area contributed by atoms with Gasteiger partial charge in [0.15, 0.2) is 0 Å². The Morgan fingerprint density at radius 1 is 0.941 bits per heavy atom. The summed E-state index contributed by atoms with van der Waals surface area (Å²) in [6, 6.07) is 17.7. The first kappa shape index (κ1) is 26.4. The normalized spacial score (nSPS) is 15.9. The zero-order valence-electron chi connectivity index (χ0n) is 20.6. The third-order valence-corrected chi connectivity index (χ3v) is 8.61. The molecule has 1 aliphatic rings. The zero-order valence-corrected chi connectivity index (χ0v) is 21.4. The van der Waals surface area contributed by atoms with Crippen LogP contribution in [0.4, 0.5) is 0 Å². The number of carbonyl (C=O) groups is 1. The molecule has 2 aromatic carbocycles. The molecule has 1 aliphatic heterocycles. The molecule has 6 nitrogen and oxygen atoms in total. The number of nitrogens with one attached hydrogen (secondary N) is 1. The summed E-state index contributed by atoms with van der Waals surface area (Å²) < 4.78 is 27.2. The number of rotatable bonds is 12. The lowest BCUT2D eigenvalue weighted by Gasteiger charge is -2.30. The van der Waals surface area contributed by atoms with Gasteiger partial charge >= 0.3 is 0 Å². The average molecular weight is 486 g/mol. The fraction of sp³-hybridized carbons (Fsp3) is 0.519. The molecule has 0 aromatic heterocycles. The van der Waals surface area contributed by atoms with E-state index in [1.54, 1.807) is 16.4 Å². The maximum atomic E-state index is 12.8. The lowest BCUT2D eigenvalue weighted by molar-refractivity contribution is -0.121. The number of nitrogens with zero attached hydrogens (tertiary/aromatic N) is 2. The van der Waals surface area contributed by atoms with Crippen LogP contribution in [0.15, 0.2) is 59.5 Å². The van der Waals surface area contributed by atoms with Gasteiger partial charge in [-0.3, -0.25) is 9.69 Å². The van der Waals surface area contributed by atoms with Crippen molar-refractivity contribution in [2.24, 2.45) is 0 Å². The molecule has 1 atom stereocenters. The topological polar surface area (TPSA) is 69.7 Å². The number of piperidine rings is 1. The Bertz CT molecular complexity index is 984. The highest BCUT2D eigenvalue weighted by molar-refractivity contribution is 7.89. The zero-order chi connectivity index (χ0) is 24.4. The summed E-state index contributed by atoms with van der Waals surface area (Å²) in [5, 5.41) is 3.12. The minimum Gasteiger partial charge on any atom is -0.355 e. The van der Waals surface area contributed by atoms with Crippen LogP contribution in [-0.2, 0) is 27.7 Å². The van der Waals surface area contributed by atoms with Crippen molar-refractivity contribution in [3.05, 3.63) is 65.7 Å². The molecule has 1 saturated heterocycles. The van der Waals surface area contributed by atoms with E-state index in [1.165, 1.54) is 5.56 Å². The Morgan fingerprint density at radius 2 is 1.59 bits per heavy atom. The molecule has 1 fully saturated rings. The van der Waals surface area contributed by atoms with E-state index in [0.717, 1.165) is 44.3 Å². The maximum Gasteiger partial charge on any atom is 0.243 e. The first-order valence-electron chi connectivity index (χ1n) is 12.6. The van der Waals surface area contributed by atoms with Crippen molar-refractivity contribution in [2.75, 3.05) is 32.7 Å². The summed E-state index contributed by atoms with van der Waals surface area (Å²) >= 11 is 0. The molecule has 1 N–H and O–H groups in total. The summed E-state index contributed by atoms with van der Waals surface area (Å²) in [7, 11) is -3.42. The predicted octanol–water partition coefficient (Wildman–Crippen LogP) is 3.86. The molecule has 0 spiro atoms. The summed E-state index contributed by atoms with van der Waals surface area (Å²) in [6.45, 7) is 8.00. The number of hydrogen-bond acceptors (Lipinski definition) is 4. The van der Waals surface area contributed by atoms with Gasteiger partial charge < -0.3 is 5.32 Å². The standard InChI is InChI=1S/C27H39N3O3S/c1-3-29(4-2)25(21-24-11-7-5-8-12-24)22-28-27(31)18-15-23-13-16-26(17-14-23)34(32,33)30-19-9-6-10-20-30/h5,7-8,11-14,16-17,25H,3-4,6,9-10,15,18-22H2,1-2H3,(H,28,31)/t25-/m0/s1. The Kier molecular flexibility index (Phi) is 10.1. The highest BCUT2D eigenvalue weighted by Gasteiger charge is 2.25. The maximum absolute atomic E-state index is 12.8. The molecule has 7 heteroatoms. The van der Waals surface area contributed by atoms with E-state index < -0.39 is 10.0 Å². The smallest absolute Gasteiger partial charge is 0.243 e. The van der Waals surface area contributed by atoms with E-state index in [2.05, 4.69) is 48.3 Å². The number of hydrogen-bond donors (Lipinski definition) is 1. The van der Waals surface area contributed by atoms with Crippen LogP contribution in [0.5, 0.6) is 0 Å². The highest BCUT2D eigenvalue weighted by Crippen LogP contribution is 2.21. The predicted molar refractivity (Wildman–Crippen MR) is 137 cm³/mol. The molecule has 0 aliphatic carbocycles. The molecule has 3 rings (SSSR count). The molecular weight excluding hydrogens is 446 g/mol. The molecule has 2 aromatic rings. The Labute approximate surface area is 205 Å². The van der Waals surface area contributed by atoms with Gasteiger partial charge in [0.25, 0.3) is 0 Å². The number of amides is 1. The SMILES string of the molecule is CCN(CC)[C@H](CNC(=O)CCc1ccc(S(=O)(=O)N2CCCCC2)cc1)Cc1ccccc1. The minimum absolute atomic E-state index is 0.0234. The third kappa shape index (κ3) is 7.39. The lowest BCUT2D eigenvalue weighted by Crippen LogP contribution is -2.45. The Morgan fingerprint density at radius 3 is 2.21 bits per heavy atom. The van der Waals surface area contributed by atoms with Crippen molar-refractivity contribution in [3.8, 4) is 0 Å². The second kappa shape index (κ2) is 13.0. The van der Waals surface area contributed by atoms with E-state index in [4.69, 9.17) is 0 Å². The van der Waals surface area contributed by atoms with Gasteiger partial charge in [0, 0.05) is 32.1 Å². The lowest BCUT2D eigenvalue weighted by atomic mass is 10.0. The quantitative estimate of drug-likeness (QED) is 0.496. The minimum atomic E-state index is -3.42. The van der Waals surface area contributed by atoms with E-state index in [9.17, 15) is 13.2 Å². The number of sulfonamides is 1. The number of carbonyl (C=O) groups excluding carboxylic acids is 1. The van der Waals surface area contributed by atoms with Crippen molar-refractivity contribution in [1.29, 1.82) is 0 Å². The molecule has 1 amide bonds. The molecule has 186 valence electrons. The molecule has 0 bridgehead atoms. The second-order valence-corrected chi connectivity index (χ2v) is 10.9. The van der Waals surface area contributed by atoms with Crippen LogP contribution in [0.3, 0.4) is 0 Å². The number of likely N-dealkylation sites (N-methyl/N-ethyl adjacent to an activating group) is 1. The van der Waals surface area contributed by atoms with E-state index in [-0.39, 0.29) is 11.9 Å². The van der Waals surface area contributed by atoms with Crippen LogP contribution < -0.4 is 5.32 Å². The van der Waals surface area contributed by atoms with Gasteiger partial charge in [-0.15, -0.1) is 0 Å². The largest absolute Gasteiger partial charge is 0.355 e. The van der Waals surface area contributed by atoms with Crippen LogP contribution in [0.25, 0.3) is 0 Å². The van der Waals surface area contributed by atoms with Gasteiger partial charge in [0.1, 0.15) is 0 Å². The van der Waals surface area contributed by atoms with Crippen LogP contribution in [0, 0.1) is 0 Å². The fourth-order valence-electron chi connectivity index (χ4n) is 4.62. The van der Waals surface area contributed by atoms with Crippen molar-refractivity contribution in [1.82, 2.24) is 14.5 Å². The Hall–Kier alpha value is -2.22. The van der Waals surface area contributed by atoms with Crippen LogP contribution in [-0.4, -0.2) is 62.3 Å². The Balaban J connectivity index is 1.51. The molecule has 0 radical (unpaired) electrons. The van der Waals surface area contributed by atoms with Gasteiger partial charge in [-0.05, 0) is 62.0 Å². The summed E-state index contributed by atoms with van der Waals surface area (Å²) in [4.78, 5) is 15.3. The van der Waals surface area contributed by atoms with Crippen LogP contribution >= 0.6 is 0 Å². The van der Waals surface area contributed by atoms with Crippen LogP contribution in [0.1, 0.15) is 50.7 Å². The van der Waals surface area contributed by atoms with E-state index >= 15 is 0 Å². The van der Waals surface area contributed by atoms with Gasteiger partial charge in [-0.25, -0.2) is 8.42 Å². The van der Waals surface area contributed by atoms with Crippen molar-refractivity contribution in [2.45, 2.75) is 63.3 Å². The fourth-order valence-corrected chi connectivity index (χ4v) is 6.13. The van der Waals surface area contributed by atoms with E-state index in [1.807, 2.05) is 18.2 Å². The van der Waals surface area contributed by atoms with Gasteiger partial charge in [-0.1, -0.05) is 62.7 Å². The van der Waals surface area contributed by atoms with Crippen molar-refractivity contribution < 1.29 is 13.2 Å². The molecule has 34 heavy (non-hydrogen) atoms. The highest BCUT2D eigenvalue weighted by atomic mass is 32.2. The summed E-state index contributed by atoms with van der Waals surface area (Å²) in [6.07, 6.45) is 4.81. The molecule has 0 unspecified atom stereocenters. The molecular formula is C27H39N3O3S. The van der Waals surface area contributed by atoms with Gasteiger partial charge in [0.05, 0.1) is 4.90 Å². The van der Waals surface area contributed by atoms with Crippen LogP contribution in [0.2, 0.25) is 0 Å². The molecule has 1 heterocycles. The summed E-state index contributed by atoms with van der Waals surface area (Å²) in [5.41, 5.74) is 2.24. The monoisotopic (exact) mass is 485 g/mol. The van der Waals surface area contributed by atoms with Crippen molar-refractivity contribution in [3.63, 3.8) is 0 Å². The number of benzene rings is 2. The van der Waals surface area contributed by atoms with Gasteiger partial charge in [0.2, 0.25) is 15.9 Å². The van der Waals surface area contributed by atoms with Crippen molar-refractivity contribution >= 4 is 15.9 Å². The average Bonchev–Trinajstić information content (AvgIpc) is 2.88. The third-order valence-electron chi connectivity index (χ3n) is 6.69. The summed E-state index contributed by atoms with van der Waals surface area (Å²) in [5.74, 6) is 0.0234. The van der Waals surface area contributed by atoms with Gasteiger partial charge in [-0.2, -0.15) is 4.31 Å². The molecule has 0 saturated carbocycles.